The summed E-state index contributed by atoms with van der Waals surface area (Å²) < 4.78 is 40.1. The maximum atomic E-state index is 13.3. The lowest BCUT2D eigenvalue weighted by molar-refractivity contribution is -0.137. The molecule has 7 nitrogen and oxygen atoms in total. The smallest absolute Gasteiger partial charge is 0.353 e. The van der Waals surface area contributed by atoms with E-state index in [1.807, 2.05) is 65.6 Å². The summed E-state index contributed by atoms with van der Waals surface area (Å²) in [7, 11) is 0. The van der Waals surface area contributed by atoms with Gasteiger partial charge >= 0.3 is 6.18 Å². The Labute approximate surface area is 199 Å². The van der Waals surface area contributed by atoms with Crippen LogP contribution in [0.25, 0.3) is 17.1 Å². The highest BCUT2D eigenvalue weighted by Gasteiger charge is 2.31. The lowest BCUT2D eigenvalue weighted by atomic mass is 10.2. The summed E-state index contributed by atoms with van der Waals surface area (Å²) in [5, 5.41) is 4.52. The Hall–Kier alpha value is -4.21. The van der Waals surface area contributed by atoms with E-state index in [0.717, 1.165) is 23.5 Å². The molecule has 0 unspecified atom stereocenters. The van der Waals surface area contributed by atoms with Crippen LogP contribution in [0, 0.1) is 0 Å². The number of amides is 1. The molecule has 0 spiro atoms. The lowest BCUT2D eigenvalue weighted by Gasteiger charge is -2.34. The van der Waals surface area contributed by atoms with Gasteiger partial charge in [-0.15, -0.1) is 5.10 Å². The van der Waals surface area contributed by atoms with Crippen molar-refractivity contribution in [1.29, 1.82) is 0 Å². The second-order valence-electron chi connectivity index (χ2n) is 8.05. The summed E-state index contributed by atoms with van der Waals surface area (Å²) in [6.45, 7) is 1.63. The number of piperazine rings is 1. The number of para-hydroxylation sites is 1. The van der Waals surface area contributed by atoms with Gasteiger partial charge in [0.05, 0.1) is 11.3 Å². The normalized spacial score (nSPS) is 14.3. The van der Waals surface area contributed by atoms with Gasteiger partial charge in [-0.05, 0) is 24.3 Å². The first-order chi connectivity index (χ1) is 16.9. The number of hydrogen-bond donors (Lipinski definition) is 0. The van der Waals surface area contributed by atoms with Crippen LogP contribution in [0.15, 0.2) is 79.0 Å². The number of nitrogens with zero attached hydrogens (tertiary/aromatic N) is 6. The van der Waals surface area contributed by atoms with E-state index in [2.05, 4.69) is 15.1 Å². The summed E-state index contributed by atoms with van der Waals surface area (Å²) in [5.41, 5.74) is 0.835. The van der Waals surface area contributed by atoms with Gasteiger partial charge in [0.2, 0.25) is 5.82 Å². The number of carbonyl (C=O) groups is 1. The molecule has 3 heterocycles. The van der Waals surface area contributed by atoms with E-state index in [1.54, 1.807) is 9.58 Å². The topological polar surface area (TPSA) is 67.2 Å². The Kier molecular flexibility index (Phi) is 5.94. The predicted molar refractivity (Wildman–Crippen MR) is 124 cm³/mol. The Bertz CT molecular complexity index is 1240. The molecule has 178 valence electrons. The minimum absolute atomic E-state index is 0.0915. The van der Waals surface area contributed by atoms with Crippen molar-refractivity contribution < 1.29 is 18.0 Å². The van der Waals surface area contributed by atoms with Gasteiger partial charge in [0.1, 0.15) is 5.82 Å². The molecule has 4 aromatic rings. The highest BCUT2D eigenvalue weighted by molar-refractivity contribution is 5.91. The summed E-state index contributed by atoms with van der Waals surface area (Å²) in [6, 6.07) is 21.4. The van der Waals surface area contributed by atoms with Crippen LogP contribution in [0.3, 0.4) is 0 Å². The third-order valence-corrected chi connectivity index (χ3v) is 5.80. The SMILES string of the molecule is O=C(c1nc(-c2ccccc2)n(-c2ccccc2)n1)N1CCN(c2ccc(C(F)(F)F)cn2)CC1. The number of benzene rings is 2. The minimum atomic E-state index is -4.43. The Morgan fingerprint density at radius 2 is 1.49 bits per heavy atom. The Morgan fingerprint density at radius 3 is 2.09 bits per heavy atom. The van der Waals surface area contributed by atoms with Gasteiger partial charge in [0.25, 0.3) is 5.91 Å². The molecule has 10 heteroatoms. The molecule has 0 radical (unpaired) electrons. The van der Waals surface area contributed by atoms with E-state index >= 15 is 0 Å². The van der Waals surface area contributed by atoms with E-state index in [9.17, 15) is 18.0 Å². The zero-order valence-electron chi connectivity index (χ0n) is 18.6. The van der Waals surface area contributed by atoms with Crippen molar-refractivity contribution in [2.45, 2.75) is 6.18 Å². The monoisotopic (exact) mass is 478 g/mol. The second-order valence-corrected chi connectivity index (χ2v) is 8.05. The van der Waals surface area contributed by atoms with E-state index < -0.39 is 11.7 Å². The van der Waals surface area contributed by atoms with Crippen molar-refractivity contribution >= 4 is 11.7 Å². The lowest BCUT2D eigenvalue weighted by Crippen LogP contribution is -2.49. The van der Waals surface area contributed by atoms with Crippen molar-refractivity contribution in [2.24, 2.45) is 0 Å². The molecule has 1 aliphatic rings. The minimum Gasteiger partial charge on any atom is -0.353 e. The molecule has 35 heavy (non-hydrogen) atoms. The van der Waals surface area contributed by atoms with Gasteiger partial charge in [-0.1, -0.05) is 48.5 Å². The molecule has 1 saturated heterocycles. The number of rotatable bonds is 4. The van der Waals surface area contributed by atoms with E-state index in [1.165, 1.54) is 6.07 Å². The summed E-state index contributed by atoms with van der Waals surface area (Å²) in [6.07, 6.45) is -3.59. The van der Waals surface area contributed by atoms with Crippen molar-refractivity contribution in [3.63, 3.8) is 0 Å². The molecule has 1 amide bonds. The first kappa shape index (κ1) is 22.6. The van der Waals surface area contributed by atoms with Crippen LogP contribution in [-0.4, -0.2) is 56.7 Å². The van der Waals surface area contributed by atoms with E-state index in [-0.39, 0.29) is 11.7 Å². The average Bonchev–Trinajstić information content (AvgIpc) is 3.35. The van der Waals surface area contributed by atoms with Crippen LogP contribution >= 0.6 is 0 Å². The number of carbonyl (C=O) groups excluding carboxylic acids is 1. The molecular formula is C25H21F3N6O. The van der Waals surface area contributed by atoms with Crippen LogP contribution in [0.4, 0.5) is 19.0 Å². The Morgan fingerprint density at radius 1 is 0.829 bits per heavy atom. The van der Waals surface area contributed by atoms with Crippen LogP contribution < -0.4 is 4.90 Å². The number of pyridine rings is 1. The maximum Gasteiger partial charge on any atom is 0.417 e. The molecule has 0 saturated carbocycles. The fraction of sp³-hybridized carbons (Fsp3) is 0.200. The molecule has 1 aliphatic heterocycles. The van der Waals surface area contributed by atoms with Crippen molar-refractivity contribution in [3.05, 3.63) is 90.4 Å². The first-order valence-corrected chi connectivity index (χ1v) is 11.1. The number of alkyl halides is 3. The highest BCUT2D eigenvalue weighted by atomic mass is 19.4. The van der Waals surface area contributed by atoms with E-state index in [0.29, 0.717) is 37.8 Å². The molecule has 5 rings (SSSR count). The number of aromatic nitrogens is 4. The van der Waals surface area contributed by atoms with Crippen molar-refractivity contribution in [3.8, 4) is 17.1 Å². The first-order valence-electron chi connectivity index (χ1n) is 11.1. The molecule has 1 fully saturated rings. The van der Waals surface area contributed by atoms with E-state index in [4.69, 9.17) is 0 Å². The number of halogens is 3. The van der Waals surface area contributed by atoms with Crippen LogP contribution in [0.2, 0.25) is 0 Å². The molecule has 2 aromatic heterocycles. The molecule has 0 N–H and O–H groups in total. The molecular weight excluding hydrogens is 457 g/mol. The maximum absolute atomic E-state index is 13.3. The molecule has 0 atom stereocenters. The zero-order valence-corrected chi connectivity index (χ0v) is 18.6. The summed E-state index contributed by atoms with van der Waals surface area (Å²) in [4.78, 5) is 25.3. The summed E-state index contributed by atoms with van der Waals surface area (Å²) in [5.74, 6) is 0.807. The number of hydrogen-bond acceptors (Lipinski definition) is 5. The van der Waals surface area contributed by atoms with Crippen LogP contribution in [0.1, 0.15) is 16.2 Å². The largest absolute Gasteiger partial charge is 0.417 e. The van der Waals surface area contributed by atoms with Gasteiger partial charge in [0.15, 0.2) is 5.82 Å². The predicted octanol–water partition coefficient (Wildman–Crippen LogP) is 4.31. The average molecular weight is 478 g/mol. The summed E-state index contributed by atoms with van der Waals surface area (Å²) >= 11 is 0. The van der Waals surface area contributed by atoms with Gasteiger partial charge in [0, 0.05) is 37.9 Å². The fourth-order valence-corrected chi connectivity index (χ4v) is 3.95. The second kappa shape index (κ2) is 9.21. The van der Waals surface area contributed by atoms with Gasteiger partial charge in [-0.2, -0.15) is 13.2 Å². The third kappa shape index (κ3) is 4.72. The zero-order chi connectivity index (χ0) is 24.4. The van der Waals surface area contributed by atoms with Gasteiger partial charge in [-0.3, -0.25) is 4.79 Å². The fourth-order valence-electron chi connectivity index (χ4n) is 3.95. The van der Waals surface area contributed by atoms with Crippen LogP contribution in [0.5, 0.6) is 0 Å². The molecule has 2 aromatic carbocycles. The standard InChI is InChI=1S/C25H21F3N6O/c26-25(27,28)19-11-12-21(29-17-19)32-13-15-33(16-14-32)24(35)22-30-23(18-7-3-1-4-8-18)34(31-22)20-9-5-2-6-10-20/h1-12,17H,13-16H2. The van der Waals surface area contributed by atoms with Crippen LogP contribution in [-0.2, 0) is 6.18 Å². The Balaban J connectivity index is 1.34. The highest BCUT2D eigenvalue weighted by Crippen LogP contribution is 2.29. The number of anilines is 1. The van der Waals surface area contributed by atoms with Gasteiger partial charge < -0.3 is 9.80 Å². The van der Waals surface area contributed by atoms with Gasteiger partial charge in [-0.25, -0.2) is 14.6 Å². The van der Waals surface area contributed by atoms with Crippen molar-refractivity contribution in [1.82, 2.24) is 24.6 Å². The molecule has 0 aliphatic carbocycles. The molecule has 0 bridgehead atoms. The quantitative estimate of drug-likeness (QED) is 0.437. The third-order valence-electron chi connectivity index (χ3n) is 5.80. The van der Waals surface area contributed by atoms with Crippen molar-refractivity contribution in [2.75, 3.05) is 31.1 Å².